The maximum Gasteiger partial charge on any atom is 0.240 e. The highest BCUT2D eigenvalue weighted by Gasteiger charge is 2.16. The van der Waals surface area contributed by atoms with Gasteiger partial charge in [0.25, 0.3) is 0 Å². The van der Waals surface area contributed by atoms with Crippen LogP contribution in [0.25, 0.3) is 33.8 Å². The second kappa shape index (κ2) is 7.00. The van der Waals surface area contributed by atoms with Crippen molar-refractivity contribution in [2.75, 3.05) is 12.8 Å². The van der Waals surface area contributed by atoms with E-state index in [4.69, 9.17) is 15.5 Å². The number of rotatable bonds is 4. The van der Waals surface area contributed by atoms with Gasteiger partial charge in [-0.15, -0.1) is 5.10 Å². The summed E-state index contributed by atoms with van der Waals surface area (Å²) in [4.78, 5) is 13.4. The molecule has 0 radical (unpaired) electrons. The Labute approximate surface area is 172 Å². The number of anilines is 1. The Morgan fingerprint density at radius 2 is 1.83 bits per heavy atom. The minimum Gasteiger partial charge on any atom is -0.495 e. The summed E-state index contributed by atoms with van der Waals surface area (Å²) in [5, 5.41) is 4.39. The Bertz CT molecular complexity index is 1350. The van der Waals surface area contributed by atoms with E-state index in [-0.39, 0.29) is 5.95 Å². The highest BCUT2D eigenvalue weighted by molar-refractivity contribution is 5.78. The van der Waals surface area contributed by atoms with Crippen LogP contribution >= 0.6 is 0 Å². The zero-order chi connectivity index (χ0) is 20.7. The van der Waals surface area contributed by atoms with Gasteiger partial charge in [-0.3, -0.25) is 0 Å². The number of ether oxygens (including phenoxy) is 1. The van der Waals surface area contributed by atoms with Crippen molar-refractivity contribution in [2.45, 2.75) is 6.92 Å². The molecule has 8 nitrogen and oxygen atoms in total. The molecule has 0 unspecified atom stereocenters. The second-order valence-electron chi connectivity index (χ2n) is 6.87. The van der Waals surface area contributed by atoms with E-state index in [1.807, 2.05) is 66.2 Å². The van der Waals surface area contributed by atoms with E-state index in [1.54, 1.807) is 24.1 Å². The van der Waals surface area contributed by atoms with Crippen LogP contribution in [-0.2, 0) is 0 Å². The molecule has 2 aromatic carbocycles. The molecule has 30 heavy (non-hydrogen) atoms. The quantitative estimate of drug-likeness (QED) is 0.498. The zero-order valence-corrected chi connectivity index (χ0v) is 16.5. The normalized spacial score (nSPS) is 11.1. The second-order valence-corrected chi connectivity index (χ2v) is 6.87. The molecule has 5 rings (SSSR count). The van der Waals surface area contributed by atoms with Gasteiger partial charge in [-0.25, -0.2) is 14.5 Å². The van der Waals surface area contributed by atoms with E-state index in [0.29, 0.717) is 17.1 Å². The van der Waals surface area contributed by atoms with Gasteiger partial charge in [0.15, 0.2) is 5.65 Å². The number of nitrogens with two attached hydrogens (primary N) is 1. The number of fused-ring (bicyclic) bond motifs is 1. The number of hydrogen-bond acceptors (Lipinski definition) is 6. The van der Waals surface area contributed by atoms with Crippen LogP contribution in [0.1, 0.15) is 5.69 Å². The highest BCUT2D eigenvalue weighted by Crippen LogP contribution is 2.32. The third-order valence-electron chi connectivity index (χ3n) is 4.89. The molecule has 0 saturated carbocycles. The monoisotopic (exact) mass is 397 g/mol. The Balaban J connectivity index is 1.67. The maximum atomic E-state index is 5.94. The molecule has 0 bridgehead atoms. The van der Waals surface area contributed by atoms with E-state index in [0.717, 1.165) is 28.2 Å². The van der Waals surface area contributed by atoms with Gasteiger partial charge in [-0.2, -0.15) is 4.98 Å². The minimum atomic E-state index is 0.193. The van der Waals surface area contributed by atoms with Gasteiger partial charge < -0.3 is 15.0 Å². The first-order chi connectivity index (χ1) is 14.6. The molecule has 0 aliphatic rings. The average Bonchev–Trinajstić information content (AvgIpc) is 3.38. The van der Waals surface area contributed by atoms with Crippen LogP contribution in [0.15, 0.2) is 67.3 Å². The Morgan fingerprint density at radius 1 is 1.00 bits per heavy atom. The predicted octanol–water partition coefficient (Wildman–Crippen LogP) is 3.54. The molecule has 3 heterocycles. The molecular formula is C22H19N7O. The summed E-state index contributed by atoms with van der Waals surface area (Å²) in [5.41, 5.74) is 11.7. The van der Waals surface area contributed by atoms with Gasteiger partial charge in [0.2, 0.25) is 5.95 Å². The summed E-state index contributed by atoms with van der Waals surface area (Å²) in [6.45, 7) is 1.95. The fraction of sp³-hybridized carbons (Fsp3) is 0.0909. The molecule has 2 N–H and O–H groups in total. The van der Waals surface area contributed by atoms with Crippen molar-refractivity contribution < 1.29 is 4.74 Å². The van der Waals surface area contributed by atoms with Crippen molar-refractivity contribution in [3.05, 3.63) is 72.9 Å². The van der Waals surface area contributed by atoms with Gasteiger partial charge in [-0.1, -0.05) is 36.4 Å². The molecule has 5 aromatic rings. The van der Waals surface area contributed by atoms with Gasteiger partial charge in [0, 0.05) is 17.3 Å². The Morgan fingerprint density at radius 3 is 2.57 bits per heavy atom. The molecule has 0 fully saturated rings. The number of nitrogen functional groups attached to an aromatic ring is 1. The van der Waals surface area contributed by atoms with E-state index < -0.39 is 0 Å². The highest BCUT2D eigenvalue weighted by atomic mass is 16.5. The molecule has 0 saturated heterocycles. The first-order valence-corrected chi connectivity index (χ1v) is 9.40. The molecule has 3 aromatic heterocycles. The fourth-order valence-corrected chi connectivity index (χ4v) is 3.49. The third-order valence-corrected chi connectivity index (χ3v) is 4.89. The number of methoxy groups -OCH3 is 1. The summed E-state index contributed by atoms with van der Waals surface area (Å²) in [7, 11) is 1.64. The van der Waals surface area contributed by atoms with Crippen molar-refractivity contribution in [1.82, 2.24) is 29.1 Å². The summed E-state index contributed by atoms with van der Waals surface area (Å²) in [5.74, 6) is 0.892. The number of nitrogens with zero attached hydrogens (tertiary/aromatic N) is 6. The molecular weight excluding hydrogens is 378 g/mol. The Hall–Kier alpha value is -4.20. The van der Waals surface area contributed by atoms with Gasteiger partial charge in [0.05, 0.1) is 36.7 Å². The zero-order valence-electron chi connectivity index (χ0n) is 16.5. The molecule has 8 heteroatoms. The van der Waals surface area contributed by atoms with Gasteiger partial charge >= 0.3 is 0 Å². The van der Waals surface area contributed by atoms with Crippen LogP contribution in [0.2, 0.25) is 0 Å². The number of aryl methyl sites for hydroxylation is 1. The summed E-state index contributed by atoms with van der Waals surface area (Å²) in [6.07, 6.45) is 5.49. The Kier molecular flexibility index (Phi) is 4.17. The van der Waals surface area contributed by atoms with Crippen LogP contribution in [0.4, 0.5) is 5.95 Å². The lowest BCUT2D eigenvalue weighted by Gasteiger charge is -2.12. The van der Waals surface area contributed by atoms with Crippen LogP contribution in [0.3, 0.4) is 0 Å². The van der Waals surface area contributed by atoms with E-state index in [1.165, 1.54) is 0 Å². The largest absolute Gasteiger partial charge is 0.495 e. The first-order valence-electron chi connectivity index (χ1n) is 9.40. The van der Waals surface area contributed by atoms with E-state index in [9.17, 15) is 0 Å². The number of hydrogen-bond donors (Lipinski definition) is 1. The number of imidazole rings is 1. The lowest BCUT2D eigenvalue weighted by Crippen LogP contribution is -2.00. The van der Waals surface area contributed by atoms with Crippen LogP contribution < -0.4 is 10.5 Å². The van der Waals surface area contributed by atoms with Crippen molar-refractivity contribution >= 4 is 11.6 Å². The van der Waals surface area contributed by atoms with Crippen LogP contribution in [0.5, 0.6) is 5.75 Å². The summed E-state index contributed by atoms with van der Waals surface area (Å²) >= 11 is 0. The molecule has 148 valence electrons. The van der Waals surface area contributed by atoms with Crippen LogP contribution in [-0.4, -0.2) is 36.2 Å². The topological polar surface area (TPSA) is 96.1 Å². The maximum absolute atomic E-state index is 5.94. The number of benzene rings is 2. The SMILES string of the molecule is COc1cc(-c2ncc(-c3ccccc3)n3nc(N)nc23)ccc1-n1cnc(C)c1. The van der Waals surface area contributed by atoms with Crippen molar-refractivity contribution in [2.24, 2.45) is 0 Å². The van der Waals surface area contributed by atoms with Crippen molar-refractivity contribution in [3.63, 3.8) is 0 Å². The minimum absolute atomic E-state index is 0.193. The fourth-order valence-electron chi connectivity index (χ4n) is 3.49. The molecule has 0 spiro atoms. The van der Waals surface area contributed by atoms with Crippen molar-refractivity contribution in [3.8, 4) is 34.0 Å². The third kappa shape index (κ3) is 2.95. The molecule has 0 amide bonds. The standard InChI is InChI=1S/C22H19N7O/c1-14-12-28(13-25-14)17-9-8-16(10-19(17)30-2)20-21-26-22(23)27-29(21)18(11-24-20)15-6-4-3-5-7-15/h3-13H,1-2H3,(H2,23,27). The van der Waals surface area contributed by atoms with Crippen LogP contribution in [0, 0.1) is 6.92 Å². The van der Waals surface area contributed by atoms with Gasteiger partial charge in [0.1, 0.15) is 11.4 Å². The average molecular weight is 397 g/mol. The predicted molar refractivity (Wildman–Crippen MR) is 114 cm³/mol. The first kappa shape index (κ1) is 17.9. The smallest absolute Gasteiger partial charge is 0.240 e. The van der Waals surface area contributed by atoms with Crippen molar-refractivity contribution in [1.29, 1.82) is 0 Å². The van der Waals surface area contributed by atoms with E-state index >= 15 is 0 Å². The summed E-state index contributed by atoms with van der Waals surface area (Å²) < 4.78 is 9.29. The lowest BCUT2D eigenvalue weighted by atomic mass is 10.1. The molecule has 0 atom stereocenters. The lowest BCUT2D eigenvalue weighted by molar-refractivity contribution is 0.413. The summed E-state index contributed by atoms with van der Waals surface area (Å²) in [6, 6.07) is 15.8. The number of aromatic nitrogens is 6. The van der Waals surface area contributed by atoms with Gasteiger partial charge in [-0.05, 0) is 19.1 Å². The molecule has 0 aliphatic carbocycles. The molecule has 0 aliphatic heterocycles. The van der Waals surface area contributed by atoms with E-state index in [2.05, 4.69) is 15.1 Å².